The van der Waals surface area contributed by atoms with Crippen molar-refractivity contribution in [3.63, 3.8) is 0 Å². The monoisotopic (exact) mass is 122 g/mol. The lowest BCUT2D eigenvalue weighted by Crippen LogP contribution is -2.26. The fraction of sp³-hybridized carbons (Fsp3) is 1.00. The highest BCUT2D eigenvalue weighted by Crippen LogP contribution is 2.67. The lowest BCUT2D eigenvalue weighted by atomic mass is 9.72. The van der Waals surface area contributed by atoms with Gasteiger partial charge in [-0.25, -0.2) is 0 Å². The topological polar surface area (TPSA) is 0 Å². The third-order valence-corrected chi connectivity index (χ3v) is 4.38. The molecule has 0 amide bonds. The van der Waals surface area contributed by atoms with Gasteiger partial charge in [-0.3, -0.25) is 0 Å². The number of hydrogen-bond donors (Lipinski definition) is 0. The lowest BCUT2D eigenvalue weighted by molar-refractivity contribution is 0.161. The Morgan fingerprint density at radius 1 is 0.889 bits per heavy atom. The van der Waals surface area contributed by atoms with Crippen molar-refractivity contribution in [2.45, 2.75) is 26.2 Å². The molecule has 4 rings (SSSR count). The Bertz CT molecular complexity index is 130. The van der Waals surface area contributed by atoms with Crippen molar-refractivity contribution >= 4 is 0 Å². The highest BCUT2D eigenvalue weighted by atomic mass is 14.6. The Labute approximate surface area is 56.6 Å². The summed E-state index contributed by atoms with van der Waals surface area (Å²) in [6.45, 7) is 2.47. The van der Waals surface area contributed by atoms with Crippen LogP contribution in [-0.4, -0.2) is 0 Å². The van der Waals surface area contributed by atoms with Crippen LogP contribution in [0, 0.1) is 29.6 Å². The molecule has 0 heteroatoms. The minimum atomic E-state index is 1.13. The second-order valence-corrected chi connectivity index (χ2v) is 4.33. The van der Waals surface area contributed by atoms with Gasteiger partial charge in [0.1, 0.15) is 0 Å². The van der Waals surface area contributed by atoms with Crippen LogP contribution in [0.2, 0.25) is 0 Å². The highest BCUT2D eigenvalue weighted by molar-refractivity contribution is 5.09. The van der Waals surface area contributed by atoms with Gasteiger partial charge in [0.05, 0.1) is 0 Å². The first kappa shape index (κ1) is 4.76. The third-order valence-electron chi connectivity index (χ3n) is 4.38. The van der Waals surface area contributed by atoms with Crippen LogP contribution in [0.15, 0.2) is 0 Å². The number of hydrogen-bond acceptors (Lipinski definition) is 0. The fourth-order valence-electron chi connectivity index (χ4n) is 3.61. The normalized spacial score (nSPS) is 68.3. The molecule has 0 saturated heterocycles. The zero-order valence-electron chi connectivity index (χ0n) is 6.01. The van der Waals surface area contributed by atoms with Gasteiger partial charge < -0.3 is 0 Å². The van der Waals surface area contributed by atoms with Gasteiger partial charge in [0.2, 0.25) is 0 Å². The van der Waals surface area contributed by atoms with E-state index >= 15 is 0 Å². The molecule has 0 heterocycles. The minimum absolute atomic E-state index is 1.13. The Kier molecular flexibility index (Phi) is 0.640. The molecular formula is C9H14. The van der Waals surface area contributed by atoms with Gasteiger partial charge in [-0.05, 0) is 48.9 Å². The summed E-state index contributed by atoms with van der Waals surface area (Å²) in [5.41, 5.74) is 0. The molecule has 0 N–H and O–H groups in total. The molecule has 0 nitrogen and oxygen atoms in total. The molecule has 4 unspecified atom stereocenters. The van der Waals surface area contributed by atoms with Crippen LogP contribution in [0.3, 0.4) is 0 Å². The van der Waals surface area contributed by atoms with E-state index in [0.717, 1.165) is 5.92 Å². The van der Waals surface area contributed by atoms with Crippen molar-refractivity contribution in [3.8, 4) is 0 Å². The van der Waals surface area contributed by atoms with Crippen LogP contribution in [0.1, 0.15) is 26.2 Å². The van der Waals surface area contributed by atoms with Gasteiger partial charge >= 0.3 is 0 Å². The molecule has 4 fully saturated rings. The molecule has 50 valence electrons. The van der Waals surface area contributed by atoms with Crippen molar-refractivity contribution in [2.75, 3.05) is 0 Å². The summed E-state index contributed by atoms with van der Waals surface area (Å²) >= 11 is 0. The summed E-state index contributed by atoms with van der Waals surface area (Å²) in [4.78, 5) is 0. The van der Waals surface area contributed by atoms with Crippen molar-refractivity contribution in [1.29, 1.82) is 0 Å². The Balaban J connectivity index is 1.96. The molecule has 0 aromatic heterocycles. The Morgan fingerprint density at radius 3 is 1.67 bits per heavy atom. The molecule has 4 saturated carbocycles. The van der Waals surface area contributed by atoms with Crippen molar-refractivity contribution in [1.82, 2.24) is 0 Å². The quantitative estimate of drug-likeness (QED) is 0.462. The first-order valence-electron chi connectivity index (χ1n) is 4.38. The average molecular weight is 122 g/mol. The molecule has 0 aromatic rings. The van der Waals surface area contributed by atoms with E-state index in [9.17, 15) is 0 Å². The Hall–Kier alpha value is 0. The predicted octanol–water partition coefficient (Wildman–Crippen LogP) is 2.30. The van der Waals surface area contributed by atoms with Crippen LogP contribution in [-0.2, 0) is 0 Å². The minimum Gasteiger partial charge on any atom is -0.0620 e. The zero-order valence-corrected chi connectivity index (χ0v) is 6.01. The molecule has 9 heavy (non-hydrogen) atoms. The van der Waals surface area contributed by atoms with E-state index in [1.807, 2.05) is 0 Å². The van der Waals surface area contributed by atoms with Gasteiger partial charge in [0.15, 0.2) is 0 Å². The summed E-state index contributed by atoms with van der Waals surface area (Å²) in [5.74, 6) is 5.93. The first-order chi connectivity index (χ1) is 4.38. The number of rotatable bonds is 0. The molecule has 4 aliphatic rings. The van der Waals surface area contributed by atoms with Crippen molar-refractivity contribution in [2.24, 2.45) is 29.6 Å². The lowest BCUT2D eigenvalue weighted by Gasteiger charge is -2.33. The highest BCUT2D eigenvalue weighted by Gasteiger charge is 2.60. The largest absolute Gasteiger partial charge is 0.0620 e. The molecule has 0 spiro atoms. The maximum atomic E-state index is 2.47. The smallest absolute Gasteiger partial charge is 0.0352 e. The summed E-state index contributed by atoms with van der Waals surface area (Å²) in [5, 5.41) is 0. The standard InChI is InChI=1S/C9H14/c1-5-8-4-9(5)7-3-2-6(7)8/h5-9H,2-4H2,1H3. The third kappa shape index (κ3) is 0.342. The second kappa shape index (κ2) is 1.21. The van der Waals surface area contributed by atoms with E-state index in [-0.39, 0.29) is 0 Å². The maximum Gasteiger partial charge on any atom is -0.0352 e. The van der Waals surface area contributed by atoms with Gasteiger partial charge in [0.25, 0.3) is 0 Å². The van der Waals surface area contributed by atoms with Crippen molar-refractivity contribution in [3.05, 3.63) is 0 Å². The summed E-state index contributed by atoms with van der Waals surface area (Å²) in [7, 11) is 0. The maximum absolute atomic E-state index is 2.47. The molecule has 0 aromatic carbocycles. The second-order valence-electron chi connectivity index (χ2n) is 4.33. The zero-order chi connectivity index (χ0) is 6.01. The van der Waals surface area contributed by atoms with Gasteiger partial charge in [0, 0.05) is 0 Å². The molecule has 2 bridgehead atoms. The fourth-order valence-corrected chi connectivity index (χ4v) is 3.61. The molecule has 4 atom stereocenters. The van der Waals surface area contributed by atoms with E-state index in [1.54, 1.807) is 19.3 Å². The van der Waals surface area contributed by atoms with Gasteiger partial charge in [-0.2, -0.15) is 0 Å². The van der Waals surface area contributed by atoms with E-state index in [1.165, 1.54) is 23.7 Å². The molecule has 0 aliphatic heterocycles. The van der Waals surface area contributed by atoms with Gasteiger partial charge in [-0.15, -0.1) is 0 Å². The van der Waals surface area contributed by atoms with Crippen LogP contribution < -0.4 is 0 Å². The SMILES string of the molecule is CC1C2CC1C1CCC21. The summed E-state index contributed by atoms with van der Waals surface area (Å²) in [6.07, 6.45) is 4.77. The van der Waals surface area contributed by atoms with E-state index in [4.69, 9.17) is 0 Å². The first-order valence-corrected chi connectivity index (χ1v) is 4.38. The molecule has 0 radical (unpaired) electrons. The predicted molar refractivity (Wildman–Crippen MR) is 37.0 cm³/mol. The van der Waals surface area contributed by atoms with E-state index in [2.05, 4.69) is 6.92 Å². The molecule has 4 aliphatic carbocycles. The molecular weight excluding hydrogens is 108 g/mol. The van der Waals surface area contributed by atoms with Crippen LogP contribution >= 0.6 is 0 Å². The Morgan fingerprint density at radius 2 is 1.44 bits per heavy atom. The van der Waals surface area contributed by atoms with Crippen LogP contribution in [0.25, 0.3) is 0 Å². The van der Waals surface area contributed by atoms with E-state index < -0.39 is 0 Å². The average Bonchev–Trinajstić information content (AvgIpc) is 2.12. The summed E-state index contributed by atoms with van der Waals surface area (Å²) in [6, 6.07) is 0. The van der Waals surface area contributed by atoms with Crippen LogP contribution in [0.4, 0.5) is 0 Å². The summed E-state index contributed by atoms with van der Waals surface area (Å²) < 4.78 is 0. The van der Waals surface area contributed by atoms with Crippen molar-refractivity contribution < 1.29 is 0 Å². The van der Waals surface area contributed by atoms with Gasteiger partial charge in [-0.1, -0.05) is 6.92 Å². The van der Waals surface area contributed by atoms with E-state index in [0.29, 0.717) is 0 Å². The van der Waals surface area contributed by atoms with Crippen LogP contribution in [0.5, 0.6) is 0 Å².